The Morgan fingerprint density at radius 2 is 0.794 bits per heavy atom. The number of rotatable bonds is 58. The maximum atomic E-state index is 14.3. The highest BCUT2D eigenvalue weighted by atomic mass is 31.2. The monoisotopic (exact) mass is 1410 g/mol. The fourth-order valence-electron chi connectivity index (χ4n) is 12.4. The molecule has 0 aromatic heterocycles. The second kappa shape index (κ2) is 54.1. The summed E-state index contributed by atoms with van der Waals surface area (Å²) >= 11 is 0. The van der Waals surface area contributed by atoms with Gasteiger partial charge in [-0.2, -0.15) is 0 Å². The molecule has 1 aliphatic carbocycles. The first-order valence-electron chi connectivity index (χ1n) is 37.7. The minimum atomic E-state index is -5.70. The lowest BCUT2D eigenvalue weighted by Crippen LogP contribution is -2.69. The molecule has 3 fully saturated rings. The summed E-state index contributed by atoms with van der Waals surface area (Å²) in [7, 11) is -5.70. The molecule has 0 radical (unpaired) electrons. The van der Waals surface area contributed by atoms with Crippen LogP contribution < -0.4 is 0 Å². The summed E-state index contributed by atoms with van der Waals surface area (Å²) in [6, 6.07) is 0. The molecule has 3 aliphatic rings. The number of hydrogen-bond donors (Lipinski definition) is 11. The summed E-state index contributed by atoms with van der Waals surface area (Å²) in [4.78, 5) is 50.8. The highest BCUT2D eigenvalue weighted by Crippen LogP contribution is 2.49. The van der Waals surface area contributed by atoms with Crippen LogP contribution in [0.25, 0.3) is 0 Å². The number of phosphoric ester groups is 1. The first kappa shape index (κ1) is 88.7. The van der Waals surface area contributed by atoms with Gasteiger partial charge >= 0.3 is 25.7 Å². The van der Waals surface area contributed by atoms with Crippen LogP contribution in [0, 0.1) is 0 Å². The minimum Gasteiger partial charge on any atom is -0.462 e. The average Bonchev–Trinajstić information content (AvgIpc) is 0.763. The number of allylic oxidation sites excluding steroid dienone is 3. The van der Waals surface area contributed by atoms with Crippen LogP contribution in [0.15, 0.2) is 24.3 Å². The molecule has 0 amide bonds. The Balaban J connectivity index is 1.74. The normalized spacial score (nSPS) is 27.9. The number of carbonyl (C=O) groups excluding carboxylic acids is 3. The van der Waals surface area contributed by atoms with E-state index in [1.54, 1.807) is 6.08 Å². The van der Waals surface area contributed by atoms with Crippen molar-refractivity contribution in [1.29, 1.82) is 0 Å². The Hall–Kier alpha value is -2.56. The topological polar surface area (TPSA) is 374 Å². The van der Waals surface area contributed by atoms with Crippen LogP contribution in [-0.2, 0) is 61.2 Å². The van der Waals surface area contributed by atoms with Crippen molar-refractivity contribution in [2.45, 2.75) is 388 Å². The third kappa shape index (κ3) is 37.4. The molecule has 2 saturated heterocycles. The molecular formula is C72H131O24P. The van der Waals surface area contributed by atoms with E-state index in [9.17, 15) is 74.9 Å². The molecule has 568 valence electrons. The maximum absolute atomic E-state index is 14.3. The van der Waals surface area contributed by atoms with Gasteiger partial charge in [0.15, 0.2) is 18.7 Å². The molecule has 97 heavy (non-hydrogen) atoms. The highest BCUT2D eigenvalue weighted by Gasteiger charge is 2.58. The van der Waals surface area contributed by atoms with Crippen LogP contribution in [-0.4, -0.2) is 204 Å². The van der Waals surface area contributed by atoms with Crippen LogP contribution >= 0.6 is 7.82 Å². The molecular weight excluding hydrogens is 1280 g/mol. The molecule has 0 bridgehead atoms. The van der Waals surface area contributed by atoms with Crippen LogP contribution in [0.1, 0.15) is 284 Å². The van der Waals surface area contributed by atoms with E-state index in [1.807, 2.05) is 6.08 Å². The standard InChI is InChI=1S/C72H131O24P/c1-4-7-10-13-16-19-22-25-27-29-32-34-37-40-43-46-56(74)88-50-53(91-58(76)48-45-42-39-36-31-24-21-18-15-12-9-6-3)51-90-97(86,87)96-70-68(94-71-66(84)61(79)59(77)54(49-73)92-71)64(82)63(81)65(83)69(70)95-72-67(85)62(80)60(78)55(93-72)52-89-57(75)47-44-41-38-35-33-30-28-26-23-20-17-14-11-8-5-2/h38,41,44,47,53-55,59-73,77-85H,4-37,39-40,42-43,45-46,48-52H2,1-3H3,(H,86,87)/b41-38+,47-44+. The lowest BCUT2D eigenvalue weighted by Gasteiger charge is -2.49. The van der Waals surface area contributed by atoms with Crippen molar-refractivity contribution in [3.63, 3.8) is 0 Å². The van der Waals surface area contributed by atoms with E-state index in [0.717, 1.165) is 96.0 Å². The van der Waals surface area contributed by atoms with Gasteiger partial charge in [-0.05, 0) is 25.7 Å². The summed E-state index contributed by atoms with van der Waals surface area (Å²) in [5.41, 5.74) is 0. The quantitative estimate of drug-likeness (QED) is 0.00673. The van der Waals surface area contributed by atoms with E-state index >= 15 is 0 Å². The van der Waals surface area contributed by atoms with E-state index in [-0.39, 0.29) is 12.8 Å². The third-order valence-corrected chi connectivity index (χ3v) is 19.6. The van der Waals surface area contributed by atoms with Crippen LogP contribution in [0.4, 0.5) is 0 Å². The number of phosphoric acid groups is 1. The molecule has 24 nitrogen and oxygen atoms in total. The van der Waals surface area contributed by atoms with Gasteiger partial charge in [-0.3, -0.25) is 18.6 Å². The van der Waals surface area contributed by atoms with Crippen molar-refractivity contribution in [1.82, 2.24) is 0 Å². The van der Waals surface area contributed by atoms with Gasteiger partial charge in [0, 0.05) is 18.9 Å². The predicted molar refractivity (Wildman–Crippen MR) is 365 cm³/mol. The Bertz CT molecular complexity index is 2110. The Labute approximate surface area is 579 Å². The van der Waals surface area contributed by atoms with Gasteiger partial charge in [0.25, 0.3) is 0 Å². The van der Waals surface area contributed by atoms with E-state index in [2.05, 4.69) is 20.8 Å². The van der Waals surface area contributed by atoms with Gasteiger partial charge in [-0.15, -0.1) is 0 Å². The summed E-state index contributed by atoms with van der Waals surface area (Å²) in [6.07, 6.45) is 14.5. The van der Waals surface area contributed by atoms with Crippen molar-refractivity contribution >= 4 is 25.7 Å². The first-order chi connectivity index (χ1) is 46.8. The third-order valence-electron chi connectivity index (χ3n) is 18.6. The Morgan fingerprint density at radius 3 is 1.22 bits per heavy atom. The van der Waals surface area contributed by atoms with E-state index in [1.165, 1.54) is 154 Å². The van der Waals surface area contributed by atoms with Crippen molar-refractivity contribution < 1.29 is 117 Å². The number of esters is 3. The van der Waals surface area contributed by atoms with Gasteiger partial charge in [0.1, 0.15) is 98.7 Å². The molecule has 2 heterocycles. The van der Waals surface area contributed by atoms with Crippen molar-refractivity contribution in [3.8, 4) is 0 Å². The lowest BCUT2D eigenvalue weighted by atomic mass is 9.84. The maximum Gasteiger partial charge on any atom is 0.472 e. The summed E-state index contributed by atoms with van der Waals surface area (Å²) in [6.45, 7) is 3.36. The molecule has 25 heteroatoms. The molecule has 18 unspecified atom stereocenters. The largest absolute Gasteiger partial charge is 0.472 e. The number of aliphatic hydroxyl groups excluding tert-OH is 10. The first-order valence-corrected chi connectivity index (χ1v) is 39.2. The number of hydrogen-bond acceptors (Lipinski definition) is 23. The molecule has 0 aromatic carbocycles. The molecule has 0 aromatic rings. The SMILES string of the molecule is CCCCCCCCCCCCC/C=C/C=C/C(=O)OCC1OC(OC2C(O)C(O)C(O)C(OC3OC(CO)C(O)C(O)C3O)C2OP(=O)(O)OCC(COC(=O)CCCCCCCCCCCCCCCCC)OC(=O)CCCCCCCCCCCCCC)C(O)C(O)C1O. The van der Waals surface area contributed by atoms with Crippen LogP contribution in [0.5, 0.6) is 0 Å². The zero-order chi connectivity index (χ0) is 71.1. The van der Waals surface area contributed by atoms with Gasteiger partial charge in [0.05, 0.1) is 13.2 Å². The highest BCUT2D eigenvalue weighted by molar-refractivity contribution is 7.47. The fourth-order valence-corrected chi connectivity index (χ4v) is 13.4. The molecule has 18 atom stereocenters. The second-order valence-electron chi connectivity index (χ2n) is 27.1. The lowest BCUT2D eigenvalue weighted by molar-refractivity contribution is -0.360. The Morgan fingerprint density at radius 1 is 0.423 bits per heavy atom. The van der Waals surface area contributed by atoms with Gasteiger partial charge in [-0.1, -0.05) is 264 Å². The molecule has 2 aliphatic heterocycles. The average molecular weight is 1410 g/mol. The second-order valence-corrected chi connectivity index (χ2v) is 28.5. The van der Waals surface area contributed by atoms with Crippen LogP contribution in [0.2, 0.25) is 0 Å². The summed E-state index contributed by atoms with van der Waals surface area (Å²) < 4.78 is 64.8. The molecule has 3 rings (SSSR count). The van der Waals surface area contributed by atoms with Crippen LogP contribution in [0.3, 0.4) is 0 Å². The fraction of sp³-hybridized carbons (Fsp3) is 0.903. The van der Waals surface area contributed by atoms with Gasteiger partial charge in [-0.25, -0.2) is 9.36 Å². The Kier molecular flexibility index (Phi) is 49.5. The zero-order valence-corrected chi connectivity index (χ0v) is 60.0. The van der Waals surface area contributed by atoms with E-state index in [4.69, 9.17) is 42.2 Å². The smallest absolute Gasteiger partial charge is 0.462 e. The molecule has 1 saturated carbocycles. The number of aliphatic hydroxyl groups is 10. The number of carbonyl (C=O) groups is 3. The summed E-state index contributed by atoms with van der Waals surface area (Å²) in [5, 5.41) is 110. The predicted octanol–water partition coefficient (Wildman–Crippen LogP) is 10.1. The van der Waals surface area contributed by atoms with Crippen molar-refractivity contribution in [3.05, 3.63) is 24.3 Å². The van der Waals surface area contributed by atoms with E-state index < -0.39 is 156 Å². The molecule has 0 spiro atoms. The molecule has 11 N–H and O–H groups in total. The van der Waals surface area contributed by atoms with Gasteiger partial charge < -0.3 is 89.1 Å². The zero-order valence-electron chi connectivity index (χ0n) is 59.1. The van der Waals surface area contributed by atoms with E-state index in [0.29, 0.717) is 12.8 Å². The minimum absolute atomic E-state index is 0.0389. The van der Waals surface area contributed by atoms with Crippen molar-refractivity contribution in [2.75, 3.05) is 26.4 Å². The van der Waals surface area contributed by atoms with Gasteiger partial charge in [0.2, 0.25) is 0 Å². The summed E-state index contributed by atoms with van der Waals surface area (Å²) in [5.74, 6) is -2.22. The van der Waals surface area contributed by atoms with Crippen molar-refractivity contribution in [2.24, 2.45) is 0 Å². The number of unbranched alkanes of at least 4 members (excludes halogenated alkanes) is 36. The number of ether oxygens (including phenoxy) is 7.